The predicted octanol–water partition coefficient (Wildman–Crippen LogP) is 21.0. The minimum Gasteiger partial charge on any atom is -0.462 e. The van der Waals surface area contributed by atoms with E-state index in [0.29, 0.717) is 19.3 Å². The van der Waals surface area contributed by atoms with Crippen LogP contribution < -0.4 is 0 Å². The molecule has 0 bridgehead atoms. The van der Waals surface area contributed by atoms with Crippen LogP contribution in [0.5, 0.6) is 0 Å². The van der Waals surface area contributed by atoms with Crippen molar-refractivity contribution in [3.8, 4) is 0 Å². The standard InChI is InChI=1S/C68H114O6/c1-4-7-10-13-16-19-22-25-27-29-30-31-32-33-34-35-36-37-38-39-41-43-46-49-52-55-58-61-67(70)73-64-65(63-72-66(69)60-57-54-51-48-45-42-24-21-18-15-12-9-6-3)74-68(71)62-59-56-53-50-47-44-40-28-26-23-20-17-14-11-8-5-2/h7,10,16,19-21,23-25,27-28,30-31,33-34,36-37,40,65H,4-6,8-9,11-15,17-18,22,26,29,32,35,38-39,41-64H2,1-3H3/b10-7-,19-16-,23-20-,24-21-,27-25-,31-30-,34-33-,37-36-,40-28-. The van der Waals surface area contributed by atoms with Gasteiger partial charge in [0.15, 0.2) is 6.10 Å². The van der Waals surface area contributed by atoms with Crippen LogP contribution in [0.3, 0.4) is 0 Å². The van der Waals surface area contributed by atoms with Crippen LogP contribution in [0, 0.1) is 0 Å². The van der Waals surface area contributed by atoms with Gasteiger partial charge in [0, 0.05) is 19.3 Å². The number of carbonyl (C=O) groups excluding carboxylic acids is 3. The predicted molar refractivity (Wildman–Crippen MR) is 320 cm³/mol. The first-order valence-electron chi connectivity index (χ1n) is 30.9. The second-order valence-corrected chi connectivity index (χ2v) is 20.2. The third-order valence-electron chi connectivity index (χ3n) is 13.0. The summed E-state index contributed by atoms with van der Waals surface area (Å²) in [5, 5.41) is 0. The van der Waals surface area contributed by atoms with Gasteiger partial charge in [-0.05, 0) is 128 Å². The lowest BCUT2D eigenvalue weighted by molar-refractivity contribution is -0.167. The van der Waals surface area contributed by atoms with Crippen molar-refractivity contribution in [2.45, 2.75) is 290 Å². The Kier molecular flexibility index (Phi) is 58.3. The van der Waals surface area contributed by atoms with E-state index in [1.807, 2.05) is 0 Å². The maximum atomic E-state index is 12.9. The molecule has 6 heteroatoms. The molecule has 0 aromatic heterocycles. The minimum absolute atomic E-state index is 0.0910. The van der Waals surface area contributed by atoms with Gasteiger partial charge in [0.05, 0.1) is 0 Å². The van der Waals surface area contributed by atoms with Crippen LogP contribution in [-0.4, -0.2) is 37.2 Å². The van der Waals surface area contributed by atoms with Crippen LogP contribution in [0.4, 0.5) is 0 Å². The number of ether oxygens (including phenoxy) is 3. The van der Waals surface area contributed by atoms with Crippen molar-refractivity contribution in [2.75, 3.05) is 13.2 Å². The van der Waals surface area contributed by atoms with Crippen LogP contribution in [0.1, 0.15) is 284 Å². The van der Waals surface area contributed by atoms with E-state index in [1.54, 1.807) is 0 Å². The van der Waals surface area contributed by atoms with Gasteiger partial charge in [-0.15, -0.1) is 0 Å². The zero-order valence-corrected chi connectivity index (χ0v) is 48.3. The van der Waals surface area contributed by atoms with E-state index < -0.39 is 6.10 Å². The Morgan fingerprint density at radius 2 is 0.527 bits per heavy atom. The van der Waals surface area contributed by atoms with E-state index in [1.165, 1.54) is 109 Å². The number of hydrogen-bond acceptors (Lipinski definition) is 6. The molecule has 0 fully saturated rings. The van der Waals surface area contributed by atoms with E-state index in [0.717, 1.165) is 135 Å². The van der Waals surface area contributed by atoms with Crippen molar-refractivity contribution in [3.05, 3.63) is 109 Å². The van der Waals surface area contributed by atoms with Gasteiger partial charge in [-0.3, -0.25) is 14.4 Å². The highest BCUT2D eigenvalue weighted by Gasteiger charge is 2.19. The number of rotatable bonds is 55. The number of esters is 3. The van der Waals surface area contributed by atoms with Crippen LogP contribution in [0.2, 0.25) is 0 Å². The maximum absolute atomic E-state index is 12.9. The Bertz CT molecular complexity index is 1510. The topological polar surface area (TPSA) is 78.9 Å². The molecule has 0 radical (unpaired) electrons. The molecule has 0 aliphatic rings. The summed E-state index contributed by atoms with van der Waals surface area (Å²) >= 11 is 0. The molecule has 0 N–H and O–H groups in total. The molecular weight excluding hydrogens is 913 g/mol. The van der Waals surface area contributed by atoms with Gasteiger partial charge in [0.2, 0.25) is 0 Å². The van der Waals surface area contributed by atoms with E-state index in [-0.39, 0.29) is 31.1 Å². The van der Waals surface area contributed by atoms with Gasteiger partial charge in [0.1, 0.15) is 13.2 Å². The average molecular weight is 1030 g/mol. The summed E-state index contributed by atoms with van der Waals surface area (Å²) in [6.07, 6.45) is 83.7. The zero-order valence-electron chi connectivity index (χ0n) is 48.3. The molecule has 1 unspecified atom stereocenters. The average Bonchev–Trinajstić information content (AvgIpc) is 3.40. The fourth-order valence-electron chi connectivity index (χ4n) is 8.35. The molecule has 0 saturated carbocycles. The molecule has 0 amide bonds. The Morgan fingerprint density at radius 1 is 0.284 bits per heavy atom. The second-order valence-electron chi connectivity index (χ2n) is 20.2. The number of hydrogen-bond donors (Lipinski definition) is 0. The van der Waals surface area contributed by atoms with E-state index in [4.69, 9.17) is 14.2 Å². The van der Waals surface area contributed by atoms with Gasteiger partial charge < -0.3 is 14.2 Å². The minimum atomic E-state index is -0.794. The maximum Gasteiger partial charge on any atom is 0.306 e. The molecule has 0 heterocycles. The summed E-state index contributed by atoms with van der Waals surface area (Å²) in [5.41, 5.74) is 0. The summed E-state index contributed by atoms with van der Waals surface area (Å²) in [6, 6.07) is 0. The summed E-state index contributed by atoms with van der Waals surface area (Å²) in [7, 11) is 0. The third kappa shape index (κ3) is 59.0. The molecule has 0 aromatic carbocycles. The highest BCUT2D eigenvalue weighted by Crippen LogP contribution is 2.15. The quantitative estimate of drug-likeness (QED) is 0.0261. The van der Waals surface area contributed by atoms with Crippen molar-refractivity contribution in [2.24, 2.45) is 0 Å². The molecule has 422 valence electrons. The smallest absolute Gasteiger partial charge is 0.306 e. The van der Waals surface area contributed by atoms with Crippen LogP contribution >= 0.6 is 0 Å². The van der Waals surface area contributed by atoms with Gasteiger partial charge in [-0.1, -0.05) is 246 Å². The SMILES string of the molecule is CC/C=C\C/C=C\C/C=C\C/C=C\C/C=C\C/C=C\CCCCCCCCCCC(=O)OCC(COC(=O)CCCCCCC/C=C\CCCCCC)OC(=O)CCCCCCC/C=C\C/C=C\CCCCCC. The van der Waals surface area contributed by atoms with Crippen molar-refractivity contribution < 1.29 is 28.6 Å². The summed E-state index contributed by atoms with van der Waals surface area (Å²) < 4.78 is 16.9. The lowest BCUT2D eigenvalue weighted by Crippen LogP contribution is -2.30. The van der Waals surface area contributed by atoms with Crippen LogP contribution in [-0.2, 0) is 28.6 Å². The Morgan fingerprint density at radius 3 is 0.838 bits per heavy atom. The highest BCUT2D eigenvalue weighted by atomic mass is 16.6. The first kappa shape index (κ1) is 70.1. The molecule has 1 atom stereocenters. The largest absolute Gasteiger partial charge is 0.462 e. The number of carbonyl (C=O) groups is 3. The van der Waals surface area contributed by atoms with Crippen molar-refractivity contribution >= 4 is 17.9 Å². The third-order valence-corrected chi connectivity index (χ3v) is 13.0. The van der Waals surface area contributed by atoms with Crippen molar-refractivity contribution in [1.82, 2.24) is 0 Å². The van der Waals surface area contributed by atoms with Gasteiger partial charge in [-0.2, -0.15) is 0 Å². The summed E-state index contributed by atoms with van der Waals surface area (Å²) in [6.45, 7) is 6.48. The zero-order chi connectivity index (χ0) is 53.6. The van der Waals surface area contributed by atoms with Gasteiger partial charge in [-0.25, -0.2) is 0 Å². The molecule has 74 heavy (non-hydrogen) atoms. The van der Waals surface area contributed by atoms with Crippen molar-refractivity contribution in [1.29, 1.82) is 0 Å². The van der Waals surface area contributed by atoms with Crippen molar-refractivity contribution in [3.63, 3.8) is 0 Å². The highest BCUT2D eigenvalue weighted by molar-refractivity contribution is 5.71. The molecule has 0 aliphatic heterocycles. The number of allylic oxidation sites excluding steroid dienone is 18. The summed E-state index contributed by atoms with van der Waals surface area (Å²) in [5.74, 6) is -0.917. The van der Waals surface area contributed by atoms with E-state index in [2.05, 4.69) is 130 Å². The Hall–Kier alpha value is -3.93. The normalized spacial score (nSPS) is 12.9. The lowest BCUT2D eigenvalue weighted by atomic mass is 10.1. The Balaban J connectivity index is 4.35. The Labute approximate surface area is 457 Å². The molecule has 0 aliphatic carbocycles. The first-order chi connectivity index (χ1) is 36.5. The van der Waals surface area contributed by atoms with Crippen LogP contribution in [0.25, 0.3) is 0 Å². The van der Waals surface area contributed by atoms with E-state index in [9.17, 15) is 14.4 Å². The van der Waals surface area contributed by atoms with Gasteiger partial charge in [0.25, 0.3) is 0 Å². The van der Waals surface area contributed by atoms with Crippen LogP contribution in [0.15, 0.2) is 109 Å². The molecule has 0 aromatic rings. The molecule has 0 rings (SSSR count). The monoisotopic (exact) mass is 1030 g/mol. The molecule has 0 spiro atoms. The summed E-state index contributed by atoms with van der Waals surface area (Å²) in [4.78, 5) is 38.2. The lowest BCUT2D eigenvalue weighted by Gasteiger charge is -2.18. The number of unbranched alkanes of at least 4 members (excludes halogenated alkanes) is 26. The second kappa shape index (κ2) is 61.6. The molecular formula is C68H114O6. The molecule has 0 saturated heterocycles. The molecule has 6 nitrogen and oxygen atoms in total. The fraction of sp³-hybridized carbons (Fsp3) is 0.691. The first-order valence-corrected chi connectivity index (χ1v) is 30.9. The fourth-order valence-corrected chi connectivity index (χ4v) is 8.35. The van der Waals surface area contributed by atoms with Gasteiger partial charge >= 0.3 is 17.9 Å². The van der Waals surface area contributed by atoms with E-state index >= 15 is 0 Å².